The number of benzene rings is 1. The van der Waals surface area contributed by atoms with Crippen LogP contribution in [0.5, 0.6) is 0 Å². The fourth-order valence-electron chi connectivity index (χ4n) is 2.93. The van der Waals surface area contributed by atoms with E-state index in [0.29, 0.717) is 18.0 Å². The smallest absolute Gasteiger partial charge is 0.0560 e. The highest BCUT2D eigenvalue weighted by Crippen LogP contribution is 2.37. The summed E-state index contributed by atoms with van der Waals surface area (Å²) >= 11 is 3.55. The van der Waals surface area contributed by atoms with Gasteiger partial charge in [0, 0.05) is 29.0 Å². The SMILES string of the molecule is CC(Cn1cccn1)NC1CC(c2cccc(Br)c2)C1. The van der Waals surface area contributed by atoms with Crippen molar-refractivity contribution in [3.8, 4) is 0 Å². The zero-order valence-electron chi connectivity index (χ0n) is 11.7. The summed E-state index contributed by atoms with van der Waals surface area (Å²) in [7, 11) is 0. The molecule has 2 aromatic rings. The van der Waals surface area contributed by atoms with Crippen molar-refractivity contribution >= 4 is 15.9 Å². The van der Waals surface area contributed by atoms with Crippen LogP contribution in [-0.4, -0.2) is 21.9 Å². The van der Waals surface area contributed by atoms with Gasteiger partial charge in [0.2, 0.25) is 0 Å². The number of hydrogen-bond donors (Lipinski definition) is 1. The number of hydrogen-bond acceptors (Lipinski definition) is 2. The van der Waals surface area contributed by atoms with Gasteiger partial charge in [-0.3, -0.25) is 4.68 Å². The van der Waals surface area contributed by atoms with Crippen molar-refractivity contribution in [2.75, 3.05) is 0 Å². The van der Waals surface area contributed by atoms with Gasteiger partial charge in [0.05, 0.1) is 6.54 Å². The third kappa shape index (κ3) is 3.30. The van der Waals surface area contributed by atoms with Gasteiger partial charge >= 0.3 is 0 Å². The Labute approximate surface area is 128 Å². The summed E-state index contributed by atoms with van der Waals surface area (Å²) in [5.41, 5.74) is 1.46. The molecule has 1 aliphatic carbocycles. The summed E-state index contributed by atoms with van der Waals surface area (Å²) in [6.07, 6.45) is 6.32. The molecule has 20 heavy (non-hydrogen) atoms. The first kappa shape index (κ1) is 13.8. The molecule has 4 heteroatoms. The number of nitrogens with zero attached hydrogens (tertiary/aromatic N) is 2. The molecule has 3 nitrogen and oxygen atoms in total. The van der Waals surface area contributed by atoms with E-state index in [9.17, 15) is 0 Å². The van der Waals surface area contributed by atoms with E-state index in [1.54, 1.807) is 0 Å². The van der Waals surface area contributed by atoms with Crippen LogP contribution in [0, 0.1) is 0 Å². The van der Waals surface area contributed by atoms with Gasteiger partial charge < -0.3 is 5.32 Å². The molecule has 0 radical (unpaired) electrons. The largest absolute Gasteiger partial charge is 0.310 e. The molecule has 0 spiro atoms. The second-order valence-electron chi connectivity index (χ2n) is 5.72. The highest BCUT2D eigenvalue weighted by Gasteiger charge is 2.30. The van der Waals surface area contributed by atoms with Crippen molar-refractivity contribution < 1.29 is 0 Å². The van der Waals surface area contributed by atoms with Gasteiger partial charge in [0.25, 0.3) is 0 Å². The average Bonchev–Trinajstić information content (AvgIpc) is 2.86. The number of aromatic nitrogens is 2. The third-order valence-electron chi connectivity index (χ3n) is 4.00. The Morgan fingerprint density at radius 3 is 2.95 bits per heavy atom. The second kappa shape index (κ2) is 6.10. The van der Waals surface area contributed by atoms with Crippen molar-refractivity contribution in [2.24, 2.45) is 0 Å². The van der Waals surface area contributed by atoms with Crippen LogP contribution in [0.15, 0.2) is 47.2 Å². The molecule has 0 saturated heterocycles. The van der Waals surface area contributed by atoms with Crippen molar-refractivity contribution in [3.05, 3.63) is 52.8 Å². The highest BCUT2D eigenvalue weighted by atomic mass is 79.9. The van der Waals surface area contributed by atoms with Crippen LogP contribution < -0.4 is 5.32 Å². The minimum Gasteiger partial charge on any atom is -0.310 e. The standard InChI is InChI=1S/C16H20BrN3/c1-12(11-20-7-3-6-18-20)19-16-9-14(10-16)13-4-2-5-15(17)8-13/h2-8,12,14,16,19H,9-11H2,1H3. The first-order valence-electron chi connectivity index (χ1n) is 7.19. The maximum absolute atomic E-state index is 4.25. The van der Waals surface area contributed by atoms with Gasteiger partial charge in [-0.05, 0) is 49.4 Å². The van der Waals surface area contributed by atoms with Crippen LogP contribution >= 0.6 is 15.9 Å². The van der Waals surface area contributed by atoms with E-state index in [1.165, 1.54) is 22.9 Å². The number of rotatable bonds is 5. The fourth-order valence-corrected chi connectivity index (χ4v) is 3.35. The topological polar surface area (TPSA) is 29.9 Å². The Kier molecular flexibility index (Phi) is 4.22. The van der Waals surface area contributed by atoms with Gasteiger partial charge in [0.15, 0.2) is 0 Å². The van der Waals surface area contributed by atoms with Crippen molar-refractivity contribution in [1.29, 1.82) is 0 Å². The van der Waals surface area contributed by atoms with Gasteiger partial charge in [0.1, 0.15) is 0 Å². The zero-order valence-corrected chi connectivity index (χ0v) is 13.3. The predicted molar refractivity (Wildman–Crippen MR) is 84.7 cm³/mol. The first-order chi connectivity index (χ1) is 9.70. The van der Waals surface area contributed by atoms with Crippen molar-refractivity contribution in [2.45, 2.75) is 44.3 Å². The van der Waals surface area contributed by atoms with E-state index in [0.717, 1.165) is 6.54 Å². The number of nitrogens with one attached hydrogen (secondary N) is 1. The molecule has 3 rings (SSSR count). The predicted octanol–water partition coefficient (Wildman–Crippen LogP) is 3.57. The summed E-state index contributed by atoms with van der Waals surface area (Å²) in [5, 5.41) is 7.95. The van der Waals surface area contributed by atoms with Crippen LogP contribution in [0.1, 0.15) is 31.2 Å². The molecule has 1 N–H and O–H groups in total. The maximum atomic E-state index is 4.25. The molecule has 1 aromatic carbocycles. The summed E-state index contributed by atoms with van der Waals surface area (Å²) < 4.78 is 3.17. The van der Waals surface area contributed by atoms with E-state index < -0.39 is 0 Å². The molecule has 1 fully saturated rings. The zero-order chi connectivity index (χ0) is 13.9. The molecule has 1 aromatic heterocycles. The molecular weight excluding hydrogens is 314 g/mol. The minimum absolute atomic E-state index is 0.461. The van der Waals surface area contributed by atoms with Gasteiger partial charge in [-0.2, -0.15) is 5.10 Å². The Morgan fingerprint density at radius 2 is 2.25 bits per heavy atom. The normalized spacial score (nSPS) is 23.3. The van der Waals surface area contributed by atoms with E-state index in [-0.39, 0.29) is 0 Å². The lowest BCUT2D eigenvalue weighted by atomic mass is 9.75. The molecule has 1 unspecified atom stereocenters. The minimum atomic E-state index is 0.461. The molecule has 1 atom stereocenters. The van der Waals surface area contributed by atoms with Crippen LogP contribution in [0.25, 0.3) is 0 Å². The quantitative estimate of drug-likeness (QED) is 0.906. The van der Waals surface area contributed by atoms with Crippen LogP contribution in [0.4, 0.5) is 0 Å². The summed E-state index contributed by atoms with van der Waals surface area (Å²) in [6, 6.07) is 11.8. The van der Waals surface area contributed by atoms with Crippen molar-refractivity contribution in [3.63, 3.8) is 0 Å². The monoisotopic (exact) mass is 333 g/mol. The van der Waals surface area contributed by atoms with E-state index >= 15 is 0 Å². The molecule has 0 aliphatic heterocycles. The van der Waals surface area contributed by atoms with E-state index in [2.05, 4.69) is 57.5 Å². The lowest BCUT2D eigenvalue weighted by molar-refractivity contribution is 0.258. The average molecular weight is 334 g/mol. The van der Waals surface area contributed by atoms with Crippen LogP contribution in [0.2, 0.25) is 0 Å². The van der Waals surface area contributed by atoms with E-state index in [4.69, 9.17) is 0 Å². The summed E-state index contributed by atoms with van der Waals surface area (Å²) in [5.74, 6) is 0.710. The van der Waals surface area contributed by atoms with Crippen LogP contribution in [-0.2, 0) is 6.54 Å². The highest BCUT2D eigenvalue weighted by molar-refractivity contribution is 9.10. The molecule has 1 heterocycles. The number of halogens is 1. The first-order valence-corrected chi connectivity index (χ1v) is 7.99. The van der Waals surface area contributed by atoms with Gasteiger partial charge in [-0.15, -0.1) is 0 Å². The lowest BCUT2D eigenvalue weighted by Gasteiger charge is -2.38. The van der Waals surface area contributed by atoms with E-state index in [1.807, 2.05) is 23.1 Å². The molecule has 1 saturated carbocycles. The fraction of sp³-hybridized carbons (Fsp3) is 0.438. The lowest BCUT2D eigenvalue weighted by Crippen LogP contribution is -2.45. The molecule has 1 aliphatic rings. The second-order valence-corrected chi connectivity index (χ2v) is 6.63. The molecule has 0 bridgehead atoms. The molecule has 106 valence electrons. The summed E-state index contributed by atoms with van der Waals surface area (Å²) in [6.45, 7) is 3.17. The Hall–Kier alpha value is -1.13. The Morgan fingerprint density at radius 1 is 1.40 bits per heavy atom. The summed E-state index contributed by atoms with van der Waals surface area (Å²) in [4.78, 5) is 0. The Bertz CT molecular complexity index is 547. The van der Waals surface area contributed by atoms with Gasteiger partial charge in [-0.1, -0.05) is 28.1 Å². The van der Waals surface area contributed by atoms with Crippen LogP contribution in [0.3, 0.4) is 0 Å². The Balaban J connectivity index is 1.46. The van der Waals surface area contributed by atoms with Crippen molar-refractivity contribution in [1.82, 2.24) is 15.1 Å². The third-order valence-corrected chi connectivity index (χ3v) is 4.49. The maximum Gasteiger partial charge on any atom is 0.0560 e. The molecular formula is C16H20BrN3. The molecule has 0 amide bonds. The van der Waals surface area contributed by atoms with Gasteiger partial charge in [-0.25, -0.2) is 0 Å².